The fourth-order valence-corrected chi connectivity index (χ4v) is 3.29. The smallest absolute Gasteiger partial charge is 0.306 e. The molecule has 0 atom stereocenters. The summed E-state index contributed by atoms with van der Waals surface area (Å²) in [5.41, 5.74) is 2.82. The van der Waals surface area contributed by atoms with E-state index in [-0.39, 0.29) is 31.1 Å². The minimum absolute atomic E-state index is 0.00931. The van der Waals surface area contributed by atoms with E-state index < -0.39 is 18.5 Å². The van der Waals surface area contributed by atoms with E-state index in [0.717, 1.165) is 11.3 Å². The van der Waals surface area contributed by atoms with Crippen molar-refractivity contribution in [3.05, 3.63) is 78.4 Å². The highest BCUT2D eigenvalue weighted by atomic mass is 16.5. The van der Waals surface area contributed by atoms with E-state index in [1.165, 1.54) is 6.92 Å². The number of hydrogen-bond acceptors (Lipinski definition) is 6. The molecule has 3 amide bonds. The molecule has 0 bridgehead atoms. The Morgan fingerprint density at radius 2 is 1.30 bits per heavy atom. The van der Waals surface area contributed by atoms with Gasteiger partial charge in [0.1, 0.15) is 11.5 Å². The average molecular weight is 504 g/mol. The van der Waals surface area contributed by atoms with Crippen LogP contribution >= 0.6 is 0 Å². The predicted molar refractivity (Wildman–Crippen MR) is 141 cm³/mol. The first kappa shape index (κ1) is 26.9. The van der Waals surface area contributed by atoms with Crippen molar-refractivity contribution in [2.45, 2.75) is 33.1 Å². The molecule has 9 nitrogen and oxygen atoms in total. The molecule has 0 unspecified atom stereocenters. The Balaban J connectivity index is 1.31. The third kappa shape index (κ3) is 9.85. The zero-order valence-electron chi connectivity index (χ0n) is 20.7. The number of benzene rings is 3. The highest BCUT2D eigenvalue weighted by Gasteiger charge is 2.10. The summed E-state index contributed by atoms with van der Waals surface area (Å²) in [6.45, 7) is 2.95. The molecule has 0 saturated carbocycles. The van der Waals surface area contributed by atoms with Gasteiger partial charge in [-0.05, 0) is 79.6 Å². The van der Waals surface area contributed by atoms with Gasteiger partial charge in [-0.25, -0.2) is 0 Å². The molecular weight excluding hydrogens is 474 g/mol. The maximum atomic E-state index is 12.2. The fraction of sp³-hybridized carbons (Fsp3) is 0.214. The third-order valence-corrected chi connectivity index (χ3v) is 5.00. The molecule has 192 valence electrons. The summed E-state index contributed by atoms with van der Waals surface area (Å²) < 4.78 is 10.8. The van der Waals surface area contributed by atoms with Crippen LogP contribution < -0.4 is 20.7 Å². The zero-order valence-corrected chi connectivity index (χ0v) is 20.7. The van der Waals surface area contributed by atoms with Crippen molar-refractivity contribution in [2.75, 3.05) is 22.6 Å². The number of carbonyl (C=O) groups is 4. The highest BCUT2D eigenvalue weighted by molar-refractivity contribution is 5.94. The number of nitrogens with one attached hydrogen (secondary N) is 3. The molecule has 0 aromatic heterocycles. The molecular formula is C28H29N3O6. The number of hydrogen-bond donors (Lipinski definition) is 3. The predicted octanol–water partition coefficient (Wildman–Crippen LogP) is 5.04. The quantitative estimate of drug-likeness (QED) is 0.315. The van der Waals surface area contributed by atoms with Crippen molar-refractivity contribution in [3.8, 4) is 11.5 Å². The topological polar surface area (TPSA) is 123 Å². The number of amides is 3. The van der Waals surface area contributed by atoms with Gasteiger partial charge in [-0.3, -0.25) is 19.2 Å². The Hall–Kier alpha value is -4.66. The van der Waals surface area contributed by atoms with Gasteiger partial charge in [0.05, 0.1) is 0 Å². The lowest BCUT2D eigenvalue weighted by atomic mass is 10.2. The molecule has 9 heteroatoms. The minimum atomic E-state index is -0.568. The van der Waals surface area contributed by atoms with Crippen LogP contribution in [0.3, 0.4) is 0 Å². The summed E-state index contributed by atoms with van der Waals surface area (Å²) >= 11 is 0. The zero-order chi connectivity index (χ0) is 26.6. The Kier molecular flexibility index (Phi) is 9.78. The van der Waals surface area contributed by atoms with Crippen molar-refractivity contribution < 1.29 is 28.7 Å². The van der Waals surface area contributed by atoms with Gasteiger partial charge in [0, 0.05) is 36.8 Å². The van der Waals surface area contributed by atoms with Gasteiger partial charge < -0.3 is 25.4 Å². The molecule has 0 aliphatic carbocycles. The third-order valence-electron chi connectivity index (χ3n) is 5.00. The summed E-state index contributed by atoms with van der Waals surface area (Å²) in [5.74, 6) is -0.106. The van der Waals surface area contributed by atoms with E-state index in [1.54, 1.807) is 48.5 Å². The van der Waals surface area contributed by atoms with Crippen LogP contribution in [0.2, 0.25) is 0 Å². The monoisotopic (exact) mass is 503 g/mol. The Labute approximate surface area is 215 Å². The number of aryl methyl sites for hydroxylation is 1. The van der Waals surface area contributed by atoms with Crippen LogP contribution in [0.1, 0.15) is 31.7 Å². The van der Waals surface area contributed by atoms with Gasteiger partial charge in [0.2, 0.25) is 11.8 Å². The van der Waals surface area contributed by atoms with Crippen molar-refractivity contribution in [2.24, 2.45) is 0 Å². The first-order valence-corrected chi connectivity index (χ1v) is 11.7. The second kappa shape index (κ2) is 13.4. The second-order valence-corrected chi connectivity index (χ2v) is 8.31. The molecule has 37 heavy (non-hydrogen) atoms. The lowest BCUT2D eigenvalue weighted by Crippen LogP contribution is -2.21. The Morgan fingerprint density at radius 1 is 0.703 bits per heavy atom. The van der Waals surface area contributed by atoms with Crippen LogP contribution in [0.5, 0.6) is 11.5 Å². The minimum Gasteiger partial charge on any atom is -0.457 e. The van der Waals surface area contributed by atoms with Crippen LogP contribution in [0.4, 0.5) is 17.1 Å². The summed E-state index contributed by atoms with van der Waals surface area (Å²) in [6.07, 6.45) is 0.421. The number of anilines is 3. The SMILES string of the molecule is CC(=O)Nc1ccc(NC(=O)COC(=O)CCCC(=O)Nc2ccc(Oc3cccc(C)c3)cc2)cc1. The first-order valence-electron chi connectivity index (χ1n) is 11.7. The van der Waals surface area contributed by atoms with Gasteiger partial charge in [-0.2, -0.15) is 0 Å². The van der Waals surface area contributed by atoms with Crippen molar-refractivity contribution in [1.29, 1.82) is 0 Å². The van der Waals surface area contributed by atoms with Crippen molar-refractivity contribution >= 4 is 40.8 Å². The number of ether oxygens (including phenoxy) is 2. The van der Waals surface area contributed by atoms with Gasteiger partial charge in [0.15, 0.2) is 6.61 Å². The number of rotatable bonds is 11. The van der Waals surface area contributed by atoms with Crippen molar-refractivity contribution in [3.63, 3.8) is 0 Å². The average Bonchev–Trinajstić information content (AvgIpc) is 2.85. The summed E-state index contributed by atoms with van der Waals surface area (Å²) in [6, 6.07) is 21.2. The van der Waals surface area contributed by atoms with Crippen LogP contribution in [0.15, 0.2) is 72.8 Å². The summed E-state index contributed by atoms with van der Waals surface area (Å²) in [4.78, 5) is 47.1. The number of carbonyl (C=O) groups excluding carboxylic acids is 4. The Bertz CT molecular complexity index is 1240. The second-order valence-electron chi connectivity index (χ2n) is 8.31. The van der Waals surface area contributed by atoms with Crippen LogP contribution in [-0.2, 0) is 23.9 Å². The molecule has 3 aromatic rings. The molecule has 3 aromatic carbocycles. The molecule has 0 saturated heterocycles. The molecule has 0 aliphatic rings. The van der Waals surface area contributed by atoms with Gasteiger partial charge in [0.25, 0.3) is 5.91 Å². The summed E-state index contributed by atoms with van der Waals surface area (Å²) in [5, 5.41) is 7.99. The van der Waals surface area contributed by atoms with E-state index in [4.69, 9.17) is 9.47 Å². The van der Waals surface area contributed by atoms with E-state index in [2.05, 4.69) is 16.0 Å². The van der Waals surface area contributed by atoms with E-state index in [9.17, 15) is 19.2 Å². The van der Waals surface area contributed by atoms with E-state index >= 15 is 0 Å². The number of esters is 1. The molecule has 0 radical (unpaired) electrons. The normalized spacial score (nSPS) is 10.2. The highest BCUT2D eigenvalue weighted by Crippen LogP contribution is 2.23. The lowest BCUT2D eigenvalue weighted by molar-refractivity contribution is -0.147. The van der Waals surface area contributed by atoms with Gasteiger partial charge in [-0.1, -0.05) is 12.1 Å². The standard InChI is InChI=1S/C28H29N3O6/c1-19-5-3-6-25(17-19)37-24-15-13-23(14-16-24)30-26(33)7-4-8-28(35)36-18-27(34)31-22-11-9-21(10-12-22)29-20(2)32/h3,5-6,9-17H,4,7-8,18H2,1-2H3,(H,29,32)(H,30,33)(H,31,34). The first-order chi connectivity index (χ1) is 17.8. The van der Waals surface area contributed by atoms with Gasteiger partial charge in [-0.15, -0.1) is 0 Å². The van der Waals surface area contributed by atoms with Crippen LogP contribution in [0.25, 0.3) is 0 Å². The lowest BCUT2D eigenvalue weighted by Gasteiger charge is -2.09. The molecule has 3 rings (SSSR count). The molecule has 0 spiro atoms. The summed E-state index contributed by atoms with van der Waals surface area (Å²) in [7, 11) is 0. The molecule has 0 fully saturated rings. The van der Waals surface area contributed by atoms with E-state index in [1.807, 2.05) is 31.2 Å². The fourth-order valence-electron chi connectivity index (χ4n) is 3.29. The molecule has 0 aliphatic heterocycles. The van der Waals surface area contributed by atoms with Crippen molar-refractivity contribution in [1.82, 2.24) is 0 Å². The maximum absolute atomic E-state index is 12.2. The molecule has 0 heterocycles. The maximum Gasteiger partial charge on any atom is 0.306 e. The molecule has 3 N–H and O–H groups in total. The Morgan fingerprint density at radius 3 is 1.92 bits per heavy atom. The van der Waals surface area contributed by atoms with Crippen LogP contribution in [-0.4, -0.2) is 30.3 Å². The van der Waals surface area contributed by atoms with Crippen LogP contribution in [0, 0.1) is 6.92 Å². The van der Waals surface area contributed by atoms with Gasteiger partial charge >= 0.3 is 5.97 Å². The van der Waals surface area contributed by atoms with E-state index in [0.29, 0.717) is 22.8 Å². The largest absolute Gasteiger partial charge is 0.457 e.